The summed E-state index contributed by atoms with van der Waals surface area (Å²) in [5.74, 6) is 0.0959. The highest BCUT2D eigenvalue weighted by Crippen LogP contribution is 2.12. The van der Waals surface area contributed by atoms with E-state index in [-0.39, 0.29) is 35.6 Å². The number of nitrogens with one attached hydrogen (secondary N) is 1. The SMILES string of the molecule is CC(C)Oc1nc(Cl)nc(NCCS(=O)(=O)N(C)C)n1. The van der Waals surface area contributed by atoms with Crippen molar-refractivity contribution in [1.29, 1.82) is 0 Å². The second-order valence-electron chi connectivity index (χ2n) is 4.40. The fourth-order valence-electron chi connectivity index (χ4n) is 1.15. The first-order valence-electron chi connectivity index (χ1n) is 5.93. The molecule has 1 aromatic rings. The number of aromatic nitrogens is 3. The van der Waals surface area contributed by atoms with Gasteiger partial charge in [-0.25, -0.2) is 12.7 Å². The summed E-state index contributed by atoms with van der Waals surface area (Å²) in [7, 11) is -0.320. The van der Waals surface area contributed by atoms with E-state index in [9.17, 15) is 8.42 Å². The van der Waals surface area contributed by atoms with Crippen LogP contribution in [0.15, 0.2) is 0 Å². The van der Waals surface area contributed by atoms with Crippen LogP contribution in [0, 0.1) is 0 Å². The zero-order valence-corrected chi connectivity index (χ0v) is 13.4. The van der Waals surface area contributed by atoms with Gasteiger partial charge in [0, 0.05) is 20.6 Å². The van der Waals surface area contributed by atoms with Crippen LogP contribution in [-0.2, 0) is 10.0 Å². The maximum atomic E-state index is 11.6. The van der Waals surface area contributed by atoms with E-state index in [0.717, 1.165) is 4.31 Å². The molecular formula is C10H18ClN5O3S. The van der Waals surface area contributed by atoms with Gasteiger partial charge in [-0.2, -0.15) is 15.0 Å². The number of hydrogen-bond acceptors (Lipinski definition) is 7. The third kappa shape index (κ3) is 5.43. The predicted octanol–water partition coefficient (Wildman–Crippen LogP) is 0.615. The Morgan fingerprint density at radius 3 is 2.50 bits per heavy atom. The number of ether oxygens (including phenoxy) is 1. The van der Waals surface area contributed by atoms with Crippen molar-refractivity contribution in [3.05, 3.63) is 5.28 Å². The zero-order valence-electron chi connectivity index (χ0n) is 11.8. The summed E-state index contributed by atoms with van der Waals surface area (Å²) in [4.78, 5) is 11.7. The lowest BCUT2D eigenvalue weighted by Crippen LogP contribution is -2.28. The number of anilines is 1. The molecule has 0 aliphatic carbocycles. The lowest BCUT2D eigenvalue weighted by molar-refractivity contribution is 0.222. The Balaban J connectivity index is 2.67. The van der Waals surface area contributed by atoms with Crippen molar-refractivity contribution in [1.82, 2.24) is 19.3 Å². The van der Waals surface area contributed by atoms with E-state index < -0.39 is 10.0 Å². The molecule has 8 nitrogen and oxygen atoms in total. The minimum absolute atomic E-state index is 0.0198. The molecule has 1 N–H and O–H groups in total. The molecule has 0 saturated carbocycles. The van der Waals surface area contributed by atoms with Crippen LogP contribution in [-0.4, -0.2) is 60.2 Å². The Hall–Kier alpha value is -1.19. The van der Waals surface area contributed by atoms with Crippen molar-refractivity contribution < 1.29 is 13.2 Å². The molecule has 0 aliphatic rings. The summed E-state index contributed by atoms with van der Waals surface area (Å²) in [6.45, 7) is 3.81. The van der Waals surface area contributed by atoms with Crippen LogP contribution in [0.25, 0.3) is 0 Å². The van der Waals surface area contributed by atoms with Crippen LogP contribution in [0.1, 0.15) is 13.8 Å². The molecule has 0 saturated heterocycles. The second kappa shape index (κ2) is 7.00. The van der Waals surface area contributed by atoms with Gasteiger partial charge in [-0.05, 0) is 25.4 Å². The lowest BCUT2D eigenvalue weighted by atomic mass is 10.5. The standard InChI is InChI=1S/C10H18ClN5O3S/c1-7(2)19-10-14-8(11)13-9(15-10)12-5-6-20(17,18)16(3)4/h7H,5-6H2,1-4H3,(H,12,13,14,15). The second-order valence-corrected chi connectivity index (χ2v) is 7.04. The summed E-state index contributed by atoms with van der Waals surface area (Å²) < 4.78 is 29.6. The van der Waals surface area contributed by atoms with E-state index in [1.807, 2.05) is 13.8 Å². The Labute approximate surface area is 123 Å². The molecule has 0 fully saturated rings. The Kier molecular flexibility index (Phi) is 5.90. The summed E-state index contributed by atoms with van der Waals surface area (Å²) in [6, 6.07) is 0.0953. The van der Waals surface area contributed by atoms with Crippen LogP contribution >= 0.6 is 11.6 Å². The molecule has 0 aromatic carbocycles. The van der Waals surface area contributed by atoms with Crippen LogP contribution in [0.2, 0.25) is 5.28 Å². The molecule has 0 unspecified atom stereocenters. The average molecular weight is 324 g/mol. The molecule has 0 radical (unpaired) electrons. The number of hydrogen-bond donors (Lipinski definition) is 1. The summed E-state index contributed by atoms with van der Waals surface area (Å²) in [5, 5.41) is 2.76. The summed E-state index contributed by atoms with van der Waals surface area (Å²) >= 11 is 5.74. The molecule has 0 aliphatic heterocycles. The quantitative estimate of drug-likeness (QED) is 0.785. The molecule has 20 heavy (non-hydrogen) atoms. The lowest BCUT2D eigenvalue weighted by Gasteiger charge is -2.12. The minimum atomic E-state index is -3.27. The predicted molar refractivity (Wildman–Crippen MR) is 76.6 cm³/mol. The van der Waals surface area contributed by atoms with E-state index >= 15 is 0 Å². The van der Waals surface area contributed by atoms with Gasteiger partial charge >= 0.3 is 6.01 Å². The van der Waals surface area contributed by atoms with Gasteiger partial charge in [0.2, 0.25) is 21.3 Å². The molecular weight excluding hydrogens is 306 g/mol. The fourth-order valence-corrected chi connectivity index (χ4v) is 2.03. The first kappa shape index (κ1) is 16.9. The van der Waals surface area contributed by atoms with Gasteiger partial charge in [0.25, 0.3) is 0 Å². The third-order valence-corrected chi connectivity index (χ3v) is 4.13. The molecule has 0 amide bonds. The molecule has 10 heteroatoms. The van der Waals surface area contributed by atoms with Gasteiger partial charge in [-0.1, -0.05) is 0 Å². The molecule has 1 aromatic heterocycles. The number of halogens is 1. The van der Waals surface area contributed by atoms with E-state index in [2.05, 4.69) is 20.3 Å². The maximum absolute atomic E-state index is 11.6. The molecule has 0 spiro atoms. The Bertz CT molecular complexity index is 550. The molecule has 1 rings (SSSR count). The van der Waals surface area contributed by atoms with Crippen LogP contribution in [0.3, 0.4) is 0 Å². The van der Waals surface area contributed by atoms with E-state index in [0.29, 0.717) is 0 Å². The summed E-state index contributed by atoms with van der Waals surface area (Å²) in [6.07, 6.45) is -0.101. The van der Waals surface area contributed by atoms with E-state index in [4.69, 9.17) is 16.3 Å². The van der Waals surface area contributed by atoms with Crippen LogP contribution < -0.4 is 10.1 Å². The van der Waals surface area contributed by atoms with Crippen molar-refractivity contribution in [2.24, 2.45) is 0 Å². The average Bonchev–Trinajstić information content (AvgIpc) is 2.26. The van der Waals surface area contributed by atoms with Crippen molar-refractivity contribution in [2.75, 3.05) is 31.7 Å². The third-order valence-electron chi connectivity index (χ3n) is 2.13. The monoisotopic (exact) mass is 323 g/mol. The van der Waals surface area contributed by atoms with Gasteiger partial charge in [0.1, 0.15) is 0 Å². The van der Waals surface area contributed by atoms with Crippen molar-refractivity contribution in [3.8, 4) is 6.01 Å². The van der Waals surface area contributed by atoms with Crippen molar-refractivity contribution in [2.45, 2.75) is 20.0 Å². The molecule has 114 valence electrons. The zero-order chi connectivity index (χ0) is 15.3. The van der Waals surface area contributed by atoms with E-state index in [1.54, 1.807) is 0 Å². The van der Waals surface area contributed by atoms with Crippen LogP contribution in [0.4, 0.5) is 5.95 Å². The van der Waals surface area contributed by atoms with Gasteiger partial charge < -0.3 is 10.1 Å². The number of nitrogens with zero attached hydrogens (tertiary/aromatic N) is 4. The highest BCUT2D eigenvalue weighted by Gasteiger charge is 2.14. The normalized spacial score (nSPS) is 11.9. The summed E-state index contributed by atoms with van der Waals surface area (Å²) in [5.41, 5.74) is 0. The minimum Gasteiger partial charge on any atom is -0.461 e. The Morgan fingerprint density at radius 2 is 1.95 bits per heavy atom. The van der Waals surface area contributed by atoms with Crippen LogP contribution in [0.5, 0.6) is 6.01 Å². The first-order chi connectivity index (χ1) is 9.20. The van der Waals surface area contributed by atoms with Crippen molar-refractivity contribution in [3.63, 3.8) is 0 Å². The van der Waals surface area contributed by atoms with Gasteiger partial charge in [0.05, 0.1) is 11.9 Å². The molecule has 0 bridgehead atoms. The number of rotatable bonds is 7. The fraction of sp³-hybridized carbons (Fsp3) is 0.700. The maximum Gasteiger partial charge on any atom is 0.322 e. The van der Waals surface area contributed by atoms with Gasteiger partial charge in [-0.15, -0.1) is 0 Å². The van der Waals surface area contributed by atoms with Gasteiger partial charge in [0.15, 0.2) is 0 Å². The van der Waals surface area contributed by atoms with Gasteiger partial charge in [-0.3, -0.25) is 0 Å². The smallest absolute Gasteiger partial charge is 0.322 e. The largest absolute Gasteiger partial charge is 0.461 e. The van der Waals surface area contributed by atoms with E-state index in [1.165, 1.54) is 14.1 Å². The molecule has 1 heterocycles. The highest BCUT2D eigenvalue weighted by atomic mass is 35.5. The van der Waals surface area contributed by atoms with Crippen molar-refractivity contribution >= 4 is 27.6 Å². The number of sulfonamides is 1. The Morgan fingerprint density at radius 1 is 1.30 bits per heavy atom. The topological polar surface area (TPSA) is 97.3 Å². The first-order valence-corrected chi connectivity index (χ1v) is 7.91. The molecule has 0 atom stereocenters. The highest BCUT2D eigenvalue weighted by molar-refractivity contribution is 7.89.